The number of hydrogen-bond donors (Lipinski definition) is 1. The minimum Gasteiger partial charge on any atom is -0.309 e. The van der Waals surface area contributed by atoms with Gasteiger partial charge in [0.1, 0.15) is 16.9 Å². The van der Waals surface area contributed by atoms with Gasteiger partial charge in [-0.15, -0.1) is 0 Å². The lowest BCUT2D eigenvalue weighted by Gasteiger charge is -2.13. The maximum Gasteiger partial charge on any atom is 0.258 e. The van der Waals surface area contributed by atoms with Gasteiger partial charge in [0, 0.05) is 11.3 Å². The smallest absolute Gasteiger partial charge is 0.258 e. The van der Waals surface area contributed by atoms with Crippen LogP contribution in [0.1, 0.15) is 46.5 Å². The summed E-state index contributed by atoms with van der Waals surface area (Å²) in [5, 5.41) is 10.2. The monoisotopic (exact) mass is 364 g/mol. The van der Waals surface area contributed by atoms with Gasteiger partial charge >= 0.3 is 0 Å². The molecule has 0 bridgehead atoms. The van der Waals surface area contributed by atoms with Gasteiger partial charge in [0.15, 0.2) is 5.78 Å². The summed E-state index contributed by atoms with van der Waals surface area (Å²) in [6.07, 6.45) is 0. The minimum absolute atomic E-state index is 0.128. The van der Waals surface area contributed by atoms with E-state index >= 15 is 0 Å². The number of para-hydroxylation sites is 1. The lowest BCUT2D eigenvalue weighted by Crippen LogP contribution is -2.13. The van der Waals surface area contributed by atoms with E-state index in [2.05, 4.69) is 21.0 Å². The Morgan fingerprint density at radius 1 is 1.31 bits per heavy atom. The highest BCUT2D eigenvalue weighted by atomic mass is 32.2. The average molecular weight is 364 g/mol. The van der Waals surface area contributed by atoms with Gasteiger partial charge in [0.05, 0.1) is 21.7 Å². The van der Waals surface area contributed by atoms with Crippen LogP contribution in [0.2, 0.25) is 0 Å². The molecule has 0 aliphatic heterocycles. The van der Waals surface area contributed by atoms with Crippen molar-refractivity contribution in [2.45, 2.75) is 31.0 Å². The van der Waals surface area contributed by atoms with Crippen molar-refractivity contribution in [1.82, 2.24) is 15.0 Å². The van der Waals surface area contributed by atoms with Gasteiger partial charge in [-0.05, 0) is 39.0 Å². The number of thioether (sulfide) groups is 1. The van der Waals surface area contributed by atoms with Crippen LogP contribution in [0.15, 0.2) is 40.2 Å². The summed E-state index contributed by atoms with van der Waals surface area (Å²) in [6.45, 7) is 5.07. The molecule has 1 N–H and O–H groups in total. The lowest BCUT2D eigenvalue weighted by molar-refractivity contribution is 0.101. The molecule has 1 unspecified atom stereocenters. The number of ketones is 1. The van der Waals surface area contributed by atoms with Gasteiger partial charge < -0.3 is 4.98 Å². The fourth-order valence-corrected chi connectivity index (χ4v) is 3.61. The Morgan fingerprint density at radius 2 is 2.04 bits per heavy atom. The van der Waals surface area contributed by atoms with Crippen LogP contribution in [-0.2, 0) is 0 Å². The molecule has 3 aromatic rings. The van der Waals surface area contributed by atoms with E-state index in [-0.39, 0.29) is 16.6 Å². The number of hydrogen-bond acceptors (Lipinski definition) is 6. The Morgan fingerprint density at radius 3 is 2.73 bits per heavy atom. The molecule has 0 spiro atoms. The second-order valence-corrected chi connectivity index (χ2v) is 7.20. The summed E-state index contributed by atoms with van der Waals surface area (Å²) in [7, 11) is 0. The molecule has 0 saturated carbocycles. The SMILES string of the molecule is CC(=O)c1cc(C#N)c(SC(C)c2nc3ccccc3c(=O)[nH]2)nc1C. The van der Waals surface area contributed by atoms with E-state index < -0.39 is 0 Å². The van der Waals surface area contributed by atoms with Crippen LogP contribution in [0.4, 0.5) is 0 Å². The maximum absolute atomic E-state index is 12.2. The fraction of sp³-hybridized carbons (Fsp3) is 0.211. The Hall–Kier alpha value is -2.98. The number of aromatic amines is 1. The number of carbonyl (C=O) groups excluding carboxylic acids is 1. The Labute approximate surface area is 154 Å². The molecule has 0 aliphatic rings. The first kappa shape index (κ1) is 17.8. The van der Waals surface area contributed by atoms with Gasteiger partial charge in [-0.1, -0.05) is 23.9 Å². The van der Waals surface area contributed by atoms with Crippen molar-refractivity contribution in [2.24, 2.45) is 0 Å². The Kier molecular flexibility index (Phi) is 4.87. The van der Waals surface area contributed by atoms with E-state index in [4.69, 9.17) is 0 Å². The first-order valence-corrected chi connectivity index (χ1v) is 8.87. The van der Waals surface area contributed by atoms with Crippen LogP contribution >= 0.6 is 11.8 Å². The highest BCUT2D eigenvalue weighted by Gasteiger charge is 2.18. The molecule has 26 heavy (non-hydrogen) atoms. The van der Waals surface area contributed by atoms with Gasteiger partial charge in [0.2, 0.25) is 0 Å². The van der Waals surface area contributed by atoms with E-state index in [1.807, 2.05) is 13.0 Å². The van der Waals surface area contributed by atoms with E-state index in [1.54, 1.807) is 31.2 Å². The number of aryl methyl sites for hydroxylation is 1. The van der Waals surface area contributed by atoms with E-state index in [0.717, 1.165) is 0 Å². The molecule has 0 aliphatic carbocycles. The van der Waals surface area contributed by atoms with Gasteiger partial charge in [-0.3, -0.25) is 9.59 Å². The molecule has 130 valence electrons. The average Bonchev–Trinajstić information content (AvgIpc) is 2.61. The zero-order valence-electron chi connectivity index (χ0n) is 14.5. The van der Waals surface area contributed by atoms with Gasteiger partial charge in [0.25, 0.3) is 5.56 Å². The predicted octanol–water partition coefficient (Wildman–Crippen LogP) is 3.55. The van der Waals surface area contributed by atoms with Crippen LogP contribution in [-0.4, -0.2) is 20.7 Å². The summed E-state index contributed by atoms with van der Waals surface area (Å²) in [5.41, 5.74) is 1.77. The standard InChI is InChI=1S/C19H16N4O2S/c1-10-15(11(2)24)8-13(9-20)19(21-10)26-12(3)17-22-16-7-5-4-6-14(16)18(25)23-17/h4-8,12H,1-3H3,(H,22,23,25). The number of rotatable bonds is 4. The van der Waals surface area contributed by atoms with Crippen molar-refractivity contribution >= 4 is 28.4 Å². The second-order valence-electron chi connectivity index (χ2n) is 5.87. The third-order valence-electron chi connectivity index (χ3n) is 3.98. The molecule has 2 heterocycles. The summed E-state index contributed by atoms with van der Waals surface area (Å²) < 4.78 is 0. The van der Waals surface area contributed by atoms with Crippen molar-refractivity contribution in [3.8, 4) is 6.07 Å². The number of Topliss-reactive ketones (excluding diaryl/α,β-unsaturated/α-hetero) is 1. The summed E-state index contributed by atoms with van der Waals surface area (Å²) >= 11 is 1.32. The van der Waals surface area contributed by atoms with Crippen LogP contribution in [0, 0.1) is 18.3 Å². The number of nitriles is 1. The van der Waals surface area contributed by atoms with E-state index in [9.17, 15) is 14.9 Å². The number of nitrogens with one attached hydrogen (secondary N) is 1. The third-order valence-corrected chi connectivity index (χ3v) is 5.09. The Balaban J connectivity index is 1.99. The third kappa shape index (κ3) is 3.37. The number of pyridine rings is 1. The number of carbonyl (C=O) groups is 1. The molecular weight excluding hydrogens is 348 g/mol. The van der Waals surface area contributed by atoms with Crippen molar-refractivity contribution in [3.63, 3.8) is 0 Å². The molecule has 1 aromatic carbocycles. The highest BCUT2D eigenvalue weighted by Crippen LogP contribution is 2.34. The topological polar surface area (TPSA) is 99.5 Å². The van der Waals surface area contributed by atoms with Crippen LogP contribution in [0.25, 0.3) is 10.9 Å². The van der Waals surface area contributed by atoms with Crippen molar-refractivity contribution in [3.05, 3.63) is 63.3 Å². The number of fused-ring (bicyclic) bond motifs is 1. The number of aromatic nitrogens is 3. The largest absolute Gasteiger partial charge is 0.309 e. The normalized spacial score (nSPS) is 11.9. The molecule has 2 aromatic heterocycles. The van der Waals surface area contributed by atoms with Crippen LogP contribution in [0.3, 0.4) is 0 Å². The van der Waals surface area contributed by atoms with Gasteiger partial charge in [-0.25, -0.2) is 9.97 Å². The molecule has 0 fully saturated rings. The first-order valence-electron chi connectivity index (χ1n) is 7.99. The zero-order chi connectivity index (χ0) is 18.8. The molecular formula is C19H16N4O2S. The number of benzene rings is 1. The van der Waals surface area contributed by atoms with Crippen molar-refractivity contribution in [2.75, 3.05) is 0 Å². The highest BCUT2D eigenvalue weighted by molar-refractivity contribution is 7.99. The molecule has 0 radical (unpaired) electrons. The lowest BCUT2D eigenvalue weighted by atomic mass is 10.1. The number of nitrogens with zero attached hydrogens (tertiary/aromatic N) is 3. The zero-order valence-corrected chi connectivity index (χ0v) is 15.3. The van der Waals surface area contributed by atoms with Crippen molar-refractivity contribution < 1.29 is 4.79 Å². The molecule has 0 saturated heterocycles. The molecule has 7 heteroatoms. The van der Waals surface area contributed by atoms with Crippen LogP contribution < -0.4 is 5.56 Å². The first-order chi connectivity index (χ1) is 12.4. The number of H-pyrrole nitrogens is 1. The van der Waals surface area contributed by atoms with Crippen molar-refractivity contribution in [1.29, 1.82) is 5.26 Å². The van der Waals surface area contributed by atoms with Crippen LogP contribution in [0.5, 0.6) is 0 Å². The molecule has 0 amide bonds. The molecule has 6 nitrogen and oxygen atoms in total. The quantitative estimate of drug-likeness (QED) is 0.561. The predicted molar refractivity (Wildman–Crippen MR) is 100 cm³/mol. The minimum atomic E-state index is -0.227. The summed E-state index contributed by atoms with van der Waals surface area (Å²) in [4.78, 5) is 35.6. The summed E-state index contributed by atoms with van der Waals surface area (Å²) in [6, 6.07) is 10.8. The molecule has 1 atom stereocenters. The Bertz CT molecular complexity index is 1110. The van der Waals surface area contributed by atoms with E-state index in [0.29, 0.717) is 38.6 Å². The maximum atomic E-state index is 12.2. The molecule has 3 rings (SSSR count). The van der Waals surface area contributed by atoms with E-state index in [1.165, 1.54) is 18.7 Å². The second kappa shape index (κ2) is 7.10. The van der Waals surface area contributed by atoms with Gasteiger partial charge in [-0.2, -0.15) is 5.26 Å². The summed E-state index contributed by atoms with van der Waals surface area (Å²) in [5.74, 6) is 0.384. The fourth-order valence-electron chi connectivity index (χ4n) is 2.63.